The van der Waals surface area contributed by atoms with Gasteiger partial charge in [-0.2, -0.15) is 0 Å². The van der Waals surface area contributed by atoms with E-state index in [4.69, 9.17) is 0 Å². The van der Waals surface area contributed by atoms with Crippen molar-refractivity contribution in [3.05, 3.63) is 0 Å². The van der Waals surface area contributed by atoms with E-state index in [1.54, 1.807) is 0 Å². The number of hydrogen-bond acceptors (Lipinski definition) is 3. The molecule has 2 aliphatic carbocycles. The molecule has 3 rings (SSSR count). The van der Waals surface area contributed by atoms with Gasteiger partial charge in [-0.25, -0.2) is 0 Å². The normalized spacial score (nSPS) is 26.2. The maximum Gasteiger partial charge on any atom is 0.239 e. The first kappa shape index (κ1) is 13.4. The highest BCUT2D eigenvalue weighted by molar-refractivity contribution is 5.81. The lowest BCUT2D eigenvalue weighted by molar-refractivity contribution is -0.137. The van der Waals surface area contributed by atoms with Crippen molar-refractivity contribution in [3.63, 3.8) is 0 Å². The predicted octanol–water partition coefficient (Wildman–Crippen LogP) is 0.929. The van der Waals surface area contributed by atoms with Gasteiger partial charge in [-0.1, -0.05) is 0 Å². The van der Waals surface area contributed by atoms with Gasteiger partial charge in [-0.15, -0.1) is 0 Å². The maximum atomic E-state index is 12.7. The number of amides is 1. The Kier molecular flexibility index (Phi) is 4.08. The zero-order valence-electron chi connectivity index (χ0n) is 12.1. The van der Waals surface area contributed by atoms with Crippen molar-refractivity contribution in [2.45, 2.75) is 38.6 Å². The van der Waals surface area contributed by atoms with Crippen LogP contribution < -0.4 is 5.32 Å². The van der Waals surface area contributed by atoms with Gasteiger partial charge in [-0.05, 0) is 44.4 Å². The molecule has 1 heterocycles. The molecule has 19 heavy (non-hydrogen) atoms. The van der Waals surface area contributed by atoms with Crippen LogP contribution in [-0.4, -0.2) is 61.0 Å². The van der Waals surface area contributed by atoms with Gasteiger partial charge in [0.1, 0.15) is 0 Å². The Bertz CT molecular complexity index is 305. The van der Waals surface area contributed by atoms with Gasteiger partial charge in [0.05, 0.1) is 6.04 Å². The van der Waals surface area contributed by atoms with Crippen LogP contribution in [0.15, 0.2) is 0 Å². The first-order valence-electron chi connectivity index (χ1n) is 7.97. The van der Waals surface area contributed by atoms with E-state index in [1.165, 1.54) is 25.7 Å². The van der Waals surface area contributed by atoms with E-state index in [-0.39, 0.29) is 6.04 Å². The first-order valence-corrected chi connectivity index (χ1v) is 7.97. The third kappa shape index (κ3) is 3.69. The zero-order valence-corrected chi connectivity index (χ0v) is 12.1. The Morgan fingerprint density at radius 3 is 2.16 bits per heavy atom. The summed E-state index contributed by atoms with van der Waals surface area (Å²) >= 11 is 0. The third-order valence-electron chi connectivity index (χ3n) is 4.72. The molecular weight excluding hydrogens is 238 g/mol. The summed E-state index contributed by atoms with van der Waals surface area (Å²) in [6, 6.07) is 0.0691. The molecule has 108 valence electrons. The summed E-state index contributed by atoms with van der Waals surface area (Å²) in [6.07, 6.45) is 5.32. The summed E-state index contributed by atoms with van der Waals surface area (Å²) in [5.41, 5.74) is 0. The largest absolute Gasteiger partial charge is 0.341 e. The second-order valence-corrected chi connectivity index (χ2v) is 6.59. The second-order valence-electron chi connectivity index (χ2n) is 6.59. The van der Waals surface area contributed by atoms with Gasteiger partial charge in [0.25, 0.3) is 0 Å². The van der Waals surface area contributed by atoms with Crippen LogP contribution in [-0.2, 0) is 4.79 Å². The fourth-order valence-electron chi connectivity index (χ4n) is 2.97. The Morgan fingerprint density at radius 1 is 1.16 bits per heavy atom. The van der Waals surface area contributed by atoms with E-state index >= 15 is 0 Å². The molecule has 1 atom stereocenters. The van der Waals surface area contributed by atoms with Crippen molar-refractivity contribution < 1.29 is 4.79 Å². The lowest BCUT2D eigenvalue weighted by atomic mass is 10.2. The molecule has 4 nitrogen and oxygen atoms in total. The average molecular weight is 265 g/mol. The number of carbonyl (C=O) groups is 1. The van der Waals surface area contributed by atoms with Crippen molar-refractivity contribution in [2.75, 3.05) is 39.3 Å². The molecule has 0 aromatic carbocycles. The number of hydrogen-bond donors (Lipinski definition) is 1. The van der Waals surface area contributed by atoms with Gasteiger partial charge < -0.3 is 10.2 Å². The molecule has 1 unspecified atom stereocenters. The molecule has 3 fully saturated rings. The van der Waals surface area contributed by atoms with E-state index in [2.05, 4.69) is 22.0 Å². The van der Waals surface area contributed by atoms with E-state index in [0.717, 1.165) is 51.1 Å². The van der Waals surface area contributed by atoms with Crippen LogP contribution in [0.1, 0.15) is 32.6 Å². The molecule has 0 radical (unpaired) electrons. The molecular formula is C15H27N3O. The Morgan fingerprint density at radius 2 is 1.68 bits per heavy atom. The monoisotopic (exact) mass is 265 g/mol. The van der Waals surface area contributed by atoms with E-state index in [9.17, 15) is 4.79 Å². The fraction of sp³-hybridized carbons (Fsp3) is 0.933. The van der Waals surface area contributed by atoms with Crippen LogP contribution in [0.5, 0.6) is 0 Å². The second kappa shape index (κ2) is 5.80. The molecule has 1 amide bonds. The summed E-state index contributed by atoms with van der Waals surface area (Å²) in [4.78, 5) is 17.3. The summed E-state index contributed by atoms with van der Waals surface area (Å²) < 4.78 is 0. The Balaban J connectivity index is 1.56. The lowest BCUT2D eigenvalue weighted by Gasteiger charge is -2.35. The van der Waals surface area contributed by atoms with Crippen LogP contribution in [0.25, 0.3) is 0 Å². The third-order valence-corrected chi connectivity index (χ3v) is 4.72. The quantitative estimate of drug-likeness (QED) is 0.776. The summed E-state index contributed by atoms with van der Waals surface area (Å²) in [7, 11) is 0. The highest BCUT2D eigenvalue weighted by atomic mass is 16.2. The molecule has 2 saturated carbocycles. The number of nitrogens with zero attached hydrogens (tertiary/aromatic N) is 2. The standard InChI is InChI=1S/C15H27N3O/c1-12(17-8-6-16-7-9-17)15(19)18(10-13-2-3-13)11-14-4-5-14/h12-14,16H,2-11H2,1H3. The molecule has 0 bridgehead atoms. The molecule has 1 aliphatic heterocycles. The molecule has 0 aromatic heterocycles. The topological polar surface area (TPSA) is 35.6 Å². The van der Waals surface area contributed by atoms with Gasteiger partial charge in [0.15, 0.2) is 0 Å². The van der Waals surface area contributed by atoms with Crippen LogP contribution in [0.3, 0.4) is 0 Å². The number of carbonyl (C=O) groups excluding carboxylic acids is 1. The molecule has 3 aliphatic rings. The fourth-order valence-corrected chi connectivity index (χ4v) is 2.97. The number of piperazine rings is 1. The molecule has 0 aromatic rings. The van der Waals surface area contributed by atoms with Gasteiger partial charge in [0, 0.05) is 39.3 Å². The van der Waals surface area contributed by atoms with Crippen LogP contribution in [0.4, 0.5) is 0 Å². The first-order chi connectivity index (χ1) is 9.24. The van der Waals surface area contributed by atoms with Crippen LogP contribution >= 0.6 is 0 Å². The van der Waals surface area contributed by atoms with Crippen molar-refractivity contribution in [2.24, 2.45) is 11.8 Å². The zero-order chi connectivity index (χ0) is 13.2. The SMILES string of the molecule is CC(C(=O)N(CC1CC1)CC1CC1)N1CCNCC1. The van der Waals surface area contributed by atoms with Gasteiger partial charge in [-0.3, -0.25) is 9.69 Å². The minimum absolute atomic E-state index is 0.0691. The van der Waals surface area contributed by atoms with Crippen LogP contribution in [0, 0.1) is 11.8 Å². The minimum atomic E-state index is 0.0691. The van der Waals surface area contributed by atoms with E-state index in [0.29, 0.717) is 5.91 Å². The highest BCUT2D eigenvalue weighted by Crippen LogP contribution is 2.34. The summed E-state index contributed by atoms with van der Waals surface area (Å²) in [5, 5.41) is 3.36. The van der Waals surface area contributed by atoms with Gasteiger partial charge >= 0.3 is 0 Å². The highest BCUT2D eigenvalue weighted by Gasteiger charge is 2.34. The van der Waals surface area contributed by atoms with Gasteiger partial charge in [0.2, 0.25) is 5.91 Å². The maximum absolute atomic E-state index is 12.7. The Hall–Kier alpha value is -0.610. The predicted molar refractivity (Wildman–Crippen MR) is 75.9 cm³/mol. The lowest BCUT2D eigenvalue weighted by Crippen LogP contribution is -2.54. The Labute approximate surface area is 116 Å². The van der Waals surface area contributed by atoms with E-state index in [1.807, 2.05) is 0 Å². The number of nitrogens with one attached hydrogen (secondary N) is 1. The molecule has 1 N–H and O–H groups in total. The summed E-state index contributed by atoms with van der Waals surface area (Å²) in [5.74, 6) is 1.98. The average Bonchev–Trinajstić information content (AvgIpc) is 3.32. The van der Waals surface area contributed by atoms with Crippen molar-refractivity contribution in [3.8, 4) is 0 Å². The number of rotatable bonds is 6. The molecule has 0 spiro atoms. The smallest absolute Gasteiger partial charge is 0.239 e. The van der Waals surface area contributed by atoms with Crippen molar-refractivity contribution >= 4 is 5.91 Å². The van der Waals surface area contributed by atoms with Crippen LogP contribution in [0.2, 0.25) is 0 Å². The molecule has 1 saturated heterocycles. The molecule has 4 heteroatoms. The van der Waals surface area contributed by atoms with E-state index < -0.39 is 0 Å². The minimum Gasteiger partial charge on any atom is -0.341 e. The van der Waals surface area contributed by atoms with Crippen molar-refractivity contribution in [1.82, 2.24) is 15.1 Å². The summed E-state index contributed by atoms with van der Waals surface area (Å²) in [6.45, 7) is 8.19. The van der Waals surface area contributed by atoms with Crippen molar-refractivity contribution in [1.29, 1.82) is 0 Å².